The normalized spacial score (nSPS) is 10.5. The Hall–Kier alpha value is -2.63. The Labute approximate surface area is 108 Å². The molecule has 0 aromatic heterocycles. The summed E-state index contributed by atoms with van der Waals surface area (Å²) in [6.07, 6.45) is 0.336. The van der Waals surface area contributed by atoms with Crippen molar-refractivity contribution in [2.75, 3.05) is 0 Å². The molecule has 0 saturated carbocycles. The fraction of sp³-hybridized carbons (Fsp3) is 0.154. The van der Waals surface area contributed by atoms with Gasteiger partial charge < -0.3 is 10.8 Å². The third-order valence-corrected chi connectivity index (χ3v) is 2.89. The molecule has 0 fully saturated rings. The van der Waals surface area contributed by atoms with Gasteiger partial charge in [-0.25, -0.2) is 0 Å². The number of nitro benzene ring substituents is 1. The summed E-state index contributed by atoms with van der Waals surface area (Å²) >= 11 is 0. The van der Waals surface area contributed by atoms with Crippen LogP contribution in [0.25, 0.3) is 10.8 Å². The number of hydrogen-bond acceptors (Lipinski definition) is 4. The van der Waals surface area contributed by atoms with Crippen molar-refractivity contribution >= 4 is 22.4 Å². The van der Waals surface area contributed by atoms with Crippen molar-refractivity contribution in [2.45, 2.75) is 12.8 Å². The number of rotatable bonds is 4. The fourth-order valence-electron chi connectivity index (χ4n) is 1.96. The van der Waals surface area contributed by atoms with Crippen LogP contribution < -0.4 is 5.73 Å². The summed E-state index contributed by atoms with van der Waals surface area (Å²) in [4.78, 5) is 21.2. The van der Waals surface area contributed by atoms with Gasteiger partial charge in [-0.15, -0.1) is 0 Å². The van der Waals surface area contributed by atoms with Crippen LogP contribution in [0, 0.1) is 10.1 Å². The van der Waals surface area contributed by atoms with E-state index >= 15 is 0 Å². The van der Waals surface area contributed by atoms with Gasteiger partial charge in [-0.3, -0.25) is 14.9 Å². The molecule has 6 heteroatoms. The minimum atomic E-state index is -0.484. The minimum Gasteiger partial charge on any atom is -0.508 e. The number of nitrogens with two attached hydrogens (primary N) is 1. The van der Waals surface area contributed by atoms with Crippen LogP contribution in [0.4, 0.5) is 5.69 Å². The molecule has 0 aliphatic carbocycles. The van der Waals surface area contributed by atoms with Crippen molar-refractivity contribution in [3.05, 3.63) is 46.0 Å². The quantitative estimate of drug-likeness (QED) is 0.646. The number of carbonyl (C=O) groups excluding carboxylic acids is 1. The molecule has 0 saturated heterocycles. The molecule has 3 N–H and O–H groups in total. The first kappa shape index (κ1) is 12.8. The highest BCUT2D eigenvalue weighted by Crippen LogP contribution is 2.31. The number of aromatic hydroxyl groups is 1. The Morgan fingerprint density at radius 1 is 1.37 bits per heavy atom. The van der Waals surface area contributed by atoms with Crippen LogP contribution in [0.2, 0.25) is 0 Å². The Morgan fingerprint density at radius 2 is 2.11 bits per heavy atom. The van der Waals surface area contributed by atoms with Crippen LogP contribution in [0.1, 0.15) is 12.0 Å². The van der Waals surface area contributed by atoms with E-state index in [1.165, 1.54) is 18.2 Å². The van der Waals surface area contributed by atoms with Gasteiger partial charge in [-0.2, -0.15) is 0 Å². The van der Waals surface area contributed by atoms with Crippen molar-refractivity contribution in [1.82, 2.24) is 0 Å². The van der Waals surface area contributed by atoms with Gasteiger partial charge in [-0.05, 0) is 29.5 Å². The first-order valence-electron chi connectivity index (χ1n) is 5.66. The summed E-state index contributed by atoms with van der Waals surface area (Å²) in [6, 6.07) is 7.63. The maximum Gasteiger partial charge on any atom is 0.277 e. The predicted octanol–water partition coefficient (Wildman–Crippen LogP) is 1.87. The van der Waals surface area contributed by atoms with Gasteiger partial charge in [0, 0.05) is 12.5 Å². The third kappa shape index (κ3) is 2.62. The Bertz CT molecular complexity index is 667. The number of amides is 1. The molecular formula is C13H12N2O4. The van der Waals surface area contributed by atoms with Gasteiger partial charge in [0.15, 0.2) is 0 Å². The number of primary amides is 1. The first-order chi connectivity index (χ1) is 8.99. The SMILES string of the molecule is NC(=O)CCc1cc2c([N+](=O)[O-])cccc2cc1O. The fourth-order valence-corrected chi connectivity index (χ4v) is 1.96. The summed E-state index contributed by atoms with van der Waals surface area (Å²) in [6.45, 7) is 0. The van der Waals surface area contributed by atoms with Crippen LogP contribution in [0.15, 0.2) is 30.3 Å². The van der Waals surface area contributed by atoms with Crippen LogP contribution in [-0.2, 0) is 11.2 Å². The van der Waals surface area contributed by atoms with E-state index in [0.717, 1.165) is 0 Å². The first-order valence-corrected chi connectivity index (χ1v) is 5.66. The Balaban J connectivity index is 2.55. The average molecular weight is 260 g/mol. The lowest BCUT2D eigenvalue weighted by Gasteiger charge is -2.06. The molecule has 0 heterocycles. The molecule has 19 heavy (non-hydrogen) atoms. The summed E-state index contributed by atoms with van der Waals surface area (Å²) in [5.41, 5.74) is 5.50. The van der Waals surface area contributed by atoms with E-state index in [4.69, 9.17) is 5.73 Å². The zero-order chi connectivity index (χ0) is 14.0. The van der Waals surface area contributed by atoms with E-state index < -0.39 is 10.8 Å². The van der Waals surface area contributed by atoms with Crippen LogP contribution in [0.5, 0.6) is 5.75 Å². The molecule has 2 rings (SSSR count). The average Bonchev–Trinajstić information content (AvgIpc) is 2.35. The largest absolute Gasteiger partial charge is 0.508 e. The highest BCUT2D eigenvalue weighted by Gasteiger charge is 2.14. The lowest BCUT2D eigenvalue weighted by Crippen LogP contribution is -2.11. The van der Waals surface area contributed by atoms with E-state index in [-0.39, 0.29) is 24.3 Å². The molecule has 0 aliphatic rings. The standard InChI is InChI=1S/C13H12N2O4/c14-13(17)5-4-9-6-10-8(7-12(9)16)2-1-3-11(10)15(18)19/h1-3,6-7,16H,4-5H2,(H2,14,17). The lowest BCUT2D eigenvalue weighted by molar-refractivity contribution is -0.383. The Kier molecular flexibility index (Phi) is 3.33. The number of benzene rings is 2. The van der Waals surface area contributed by atoms with Crippen molar-refractivity contribution in [1.29, 1.82) is 0 Å². The molecule has 98 valence electrons. The number of hydrogen-bond donors (Lipinski definition) is 2. The number of nitro groups is 1. The van der Waals surface area contributed by atoms with Gasteiger partial charge in [0.2, 0.25) is 5.91 Å². The molecule has 0 atom stereocenters. The molecular weight excluding hydrogens is 248 g/mol. The van der Waals surface area contributed by atoms with E-state index in [2.05, 4.69) is 0 Å². The smallest absolute Gasteiger partial charge is 0.277 e. The molecule has 2 aromatic rings. The molecule has 0 aliphatic heterocycles. The number of phenols is 1. The molecule has 0 unspecified atom stereocenters. The zero-order valence-electron chi connectivity index (χ0n) is 10.00. The second kappa shape index (κ2) is 4.93. The van der Waals surface area contributed by atoms with Gasteiger partial charge in [0.25, 0.3) is 5.69 Å². The number of carbonyl (C=O) groups is 1. The number of aryl methyl sites for hydroxylation is 1. The van der Waals surface area contributed by atoms with Crippen molar-refractivity contribution < 1.29 is 14.8 Å². The molecule has 0 spiro atoms. The highest BCUT2D eigenvalue weighted by molar-refractivity contribution is 5.92. The van der Waals surface area contributed by atoms with Crippen molar-refractivity contribution in [3.63, 3.8) is 0 Å². The van der Waals surface area contributed by atoms with E-state index in [1.807, 2.05) is 0 Å². The molecule has 0 radical (unpaired) electrons. The Morgan fingerprint density at radius 3 is 2.74 bits per heavy atom. The number of nitrogens with zero attached hydrogens (tertiary/aromatic N) is 1. The number of non-ortho nitro benzene ring substituents is 1. The molecule has 2 aromatic carbocycles. The summed E-state index contributed by atoms with van der Waals surface area (Å²) in [7, 11) is 0. The number of fused-ring (bicyclic) bond motifs is 1. The minimum absolute atomic E-state index is 0.00856. The van der Waals surface area contributed by atoms with Crippen LogP contribution >= 0.6 is 0 Å². The van der Waals surface area contributed by atoms with Crippen LogP contribution in [-0.4, -0.2) is 15.9 Å². The van der Waals surface area contributed by atoms with E-state index in [0.29, 0.717) is 16.3 Å². The maximum absolute atomic E-state index is 10.9. The monoisotopic (exact) mass is 260 g/mol. The molecule has 1 amide bonds. The van der Waals surface area contributed by atoms with Crippen molar-refractivity contribution in [2.24, 2.45) is 5.73 Å². The van der Waals surface area contributed by atoms with Gasteiger partial charge in [-0.1, -0.05) is 12.1 Å². The van der Waals surface area contributed by atoms with Gasteiger partial charge in [0.05, 0.1) is 10.3 Å². The number of phenolic OH excluding ortho intramolecular Hbond substituents is 1. The molecule has 0 bridgehead atoms. The highest BCUT2D eigenvalue weighted by atomic mass is 16.6. The second-order valence-corrected chi connectivity index (χ2v) is 4.20. The maximum atomic E-state index is 10.9. The topological polar surface area (TPSA) is 106 Å². The van der Waals surface area contributed by atoms with E-state index in [9.17, 15) is 20.0 Å². The summed E-state index contributed by atoms with van der Waals surface area (Å²) < 4.78 is 0. The zero-order valence-corrected chi connectivity index (χ0v) is 10.00. The van der Waals surface area contributed by atoms with Crippen molar-refractivity contribution in [3.8, 4) is 5.75 Å². The lowest BCUT2D eigenvalue weighted by atomic mass is 10.0. The van der Waals surface area contributed by atoms with E-state index in [1.54, 1.807) is 12.1 Å². The van der Waals surface area contributed by atoms with Gasteiger partial charge in [0.1, 0.15) is 5.75 Å². The molecule has 6 nitrogen and oxygen atoms in total. The predicted molar refractivity (Wildman–Crippen MR) is 69.8 cm³/mol. The summed E-state index contributed by atoms with van der Waals surface area (Å²) in [5, 5.41) is 21.8. The van der Waals surface area contributed by atoms with Gasteiger partial charge >= 0.3 is 0 Å². The second-order valence-electron chi connectivity index (χ2n) is 4.20. The third-order valence-electron chi connectivity index (χ3n) is 2.89. The van der Waals surface area contributed by atoms with Crippen LogP contribution in [0.3, 0.4) is 0 Å². The summed E-state index contributed by atoms with van der Waals surface area (Å²) in [5.74, 6) is -0.476.